The third-order valence-electron chi connectivity index (χ3n) is 3.76. The maximum absolute atomic E-state index is 6.37. The van der Waals surface area contributed by atoms with E-state index in [9.17, 15) is 0 Å². The van der Waals surface area contributed by atoms with Gasteiger partial charge >= 0.3 is 0 Å². The predicted octanol–water partition coefficient (Wildman–Crippen LogP) is 6.61. The Labute approximate surface area is 147 Å². The van der Waals surface area contributed by atoms with Gasteiger partial charge < -0.3 is 4.43 Å². The van der Waals surface area contributed by atoms with Crippen LogP contribution in [0.1, 0.15) is 26.3 Å². The summed E-state index contributed by atoms with van der Waals surface area (Å²) in [5.74, 6) is 3.88. The minimum Gasteiger partial charge on any atom is -0.543 e. The molecule has 0 radical (unpaired) electrons. The van der Waals surface area contributed by atoms with E-state index in [4.69, 9.17) is 27.6 Å². The molecule has 0 aliphatic rings. The van der Waals surface area contributed by atoms with Crippen LogP contribution in [0.5, 0.6) is 5.75 Å². The van der Waals surface area contributed by atoms with Crippen molar-refractivity contribution in [2.75, 3.05) is 0 Å². The summed E-state index contributed by atoms with van der Waals surface area (Å²) < 4.78 is 6.26. The zero-order chi connectivity index (χ0) is 17.3. The number of halogens is 2. The van der Waals surface area contributed by atoms with Crippen LogP contribution in [0.4, 0.5) is 0 Å². The van der Waals surface area contributed by atoms with Gasteiger partial charge in [0.25, 0.3) is 0 Å². The smallest absolute Gasteiger partial charge is 0.250 e. The Morgan fingerprint density at radius 2 is 1.41 bits per heavy atom. The molecule has 1 aromatic rings. The molecule has 0 fully saturated rings. The molecule has 0 heterocycles. The first-order valence-electron chi connectivity index (χ1n) is 7.44. The van der Waals surface area contributed by atoms with E-state index in [1.807, 2.05) is 12.1 Å². The van der Waals surface area contributed by atoms with Crippen molar-refractivity contribution in [3.05, 3.63) is 27.7 Å². The molecule has 0 aromatic heterocycles. The minimum atomic E-state index is -1.90. The predicted molar refractivity (Wildman–Crippen MR) is 105 cm³/mol. The van der Waals surface area contributed by atoms with Gasteiger partial charge in [0.15, 0.2) is 0 Å². The van der Waals surface area contributed by atoms with Crippen LogP contribution in [-0.4, -0.2) is 16.4 Å². The lowest BCUT2D eigenvalue weighted by Gasteiger charge is -2.36. The van der Waals surface area contributed by atoms with Crippen LogP contribution in [-0.2, 0) is 0 Å². The molecule has 0 bridgehead atoms. The molecule has 122 valence electrons. The molecule has 1 rings (SSSR count). The molecule has 0 spiro atoms. The van der Waals surface area contributed by atoms with Gasteiger partial charge in [0.1, 0.15) is 13.8 Å². The van der Waals surface area contributed by atoms with E-state index >= 15 is 0 Å². The molecule has 1 aromatic carbocycles. The molecular weight excluding hydrogens is 347 g/mol. The van der Waals surface area contributed by atoms with Gasteiger partial charge in [-0.3, -0.25) is 0 Å². The van der Waals surface area contributed by atoms with Gasteiger partial charge in [-0.05, 0) is 30.3 Å². The summed E-state index contributed by atoms with van der Waals surface area (Å²) in [7, 11) is -3.37. The van der Waals surface area contributed by atoms with Crippen LogP contribution in [0.15, 0.2) is 12.1 Å². The lowest BCUT2D eigenvalue weighted by Crippen LogP contribution is -2.43. The fourth-order valence-corrected chi connectivity index (χ4v) is 3.50. The van der Waals surface area contributed by atoms with Gasteiger partial charge in [0.05, 0.1) is 15.6 Å². The second-order valence-corrected chi connectivity index (χ2v) is 18.4. The van der Waals surface area contributed by atoms with Crippen LogP contribution in [0, 0.1) is 11.5 Å². The number of benzene rings is 1. The fourth-order valence-electron chi connectivity index (χ4n) is 1.43. The van der Waals surface area contributed by atoms with Gasteiger partial charge in [-0.25, -0.2) is 0 Å². The zero-order valence-electron chi connectivity index (χ0n) is 14.8. The van der Waals surface area contributed by atoms with Crippen molar-refractivity contribution in [1.82, 2.24) is 0 Å². The molecule has 0 aliphatic carbocycles. The Hall–Kier alpha value is -0.406. The summed E-state index contributed by atoms with van der Waals surface area (Å²) in [6, 6.07) is 3.67. The van der Waals surface area contributed by atoms with Gasteiger partial charge in [-0.1, -0.05) is 69.5 Å². The van der Waals surface area contributed by atoms with Gasteiger partial charge in [0.2, 0.25) is 8.32 Å². The SMILES string of the molecule is CC(C)(C)[Si](C)(C)Oc1cc(Cl)c(C#C[Si](C)(C)C)c(Cl)c1. The highest BCUT2D eigenvalue weighted by molar-refractivity contribution is 6.84. The maximum atomic E-state index is 6.37. The Bertz CT molecular complexity index is 591. The van der Waals surface area contributed by atoms with Gasteiger partial charge in [0, 0.05) is 0 Å². The van der Waals surface area contributed by atoms with Crippen LogP contribution in [0.25, 0.3) is 0 Å². The quantitative estimate of drug-likeness (QED) is 0.419. The van der Waals surface area contributed by atoms with E-state index in [0.717, 1.165) is 5.75 Å². The summed E-state index contributed by atoms with van der Waals surface area (Å²) in [6.07, 6.45) is 0. The molecule has 5 heteroatoms. The number of rotatable bonds is 2. The normalized spacial score (nSPS) is 12.6. The van der Waals surface area contributed by atoms with Crippen molar-refractivity contribution in [1.29, 1.82) is 0 Å². The average Bonchev–Trinajstić information content (AvgIpc) is 2.23. The summed E-state index contributed by atoms with van der Waals surface area (Å²) in [4.78, 5) is 0. The van der Waals surface area contributed by atoms with Crippen molar-refractivity contribution in [3.63, 3.8) is 0 Å². The minimum absolute atomic E-state index is 0.127. The van der Waals surface area contributed by atoms with E-state index in [1.54, 1.807) is 0 Å². The van der Waals surface area contributed by atoms with Gasteiger partial charge in [-0.2, -0.15) is 0 Å². The van der Waals surface area contributed by atoms with Gasteiger partial charge in [-0.15, -0.1) is 5.54 Å². The highest BCUT2D eigenvalue weighted by Gasteiger charge is 2.39. The standard InChI is InChI=1S/C17H26Cl2OSi2/c1-17(2,3)22(7,8)20-13-11-15(18)14(16(19)12-13)9-10-21(4,5)6/h11-12H,1-8H3. The zero-order valence-corrected chi connectivity index (χ0v) is 18.3. The Morgan fingerprint density at radius 3 is 1.77 bits per heavy atom. The Morgan fingerprint density at radius 1 is 0.955 bits per heavy atom. The lowest BCUT2D eigenvalue weighted by molar-refractivity contribution is 0.492. The summed E-state index contributed by atoms with van der Waals surface area (Å²) >= 11 is 12.7. The topological polar surface area (TPSA) is 9.23 Å². The fraction of sp³-hybridized carbons (Fsp3) is 0.529. The van der Waals surface area contributed by atoms with Crippen molar-refractivity contribution in [2.45, 2.75) is 58.5 Å². The molecule has 0 saturated heterocycles. The van der Waals surface area contributed by atoms with Crippen molar-refractivity contribution < 1.29 is 4.43 Å². The van der Waals surface area contributed by atoms with E-state index in [1.165, 1.54) is 0 Å². The second kappa shape index (κ2) is 6.61. The van der Waals surface area contributed by atoms with Crippen LogP contribution in [0.3, 0.4) is 0 Å². The van der Waals surface area contributed by atoms with Crippen LogP contribution >= 0.6 is 23.2 Å². The molecule has 0 saturated carbocycles. The van der Waals surface area contributed by atoms with E-state index in [0.29, 0.717) is 15.6 Å². The van der Waals surface area contributed by atoms with Crippen LogP contribution in [0.2, 0.25) is 47.8 Å². The maximum Gasteiger partial charge on any atom is 0.250 e. The number of hydrogen-bond donors (Lipinski definition) is 0. The van der Waals surface area contributed by atoms with Crippen molar-refractivity contribution >= 4 is 39.6 Å². The van der Waals surface area contributed by atoms with Crippen LogP contribution < -0.4 is 4.43 Å². The Balaban J connectivity index is 3.17. The summed E-state index contributed by atoms with van der Waals surface area (Å²) in [6.45, 7) is 17.6. The molecule has 0 aliphatic heterocycles. The first-order chi connectivity index (χ1) is 9.73. The largest absolute Gasteiger partial charge is 0.543 e. The third-order valence-corrected chi connectivity index (χ3v) is 9.59. The average molecular weight is 373 g/mol. The second-order valence-electron chi connectivity index (χ2n) is 8.12. The summed E-state index contributed by atoms with van der Waals surface area (Å²) in [5.41, 5.74) is 4.00. The van der Waals surface area contributed by atoms with E-state index in [-0.39, 0.29) is 5.04 Å². The summed E-state index contributed by atoms with van der Waals surface area (Å²) in [5, 5.41) is 1.25. The monoisotopic (exact) mass is 372 g/mol. The molecule has 0 N–H and O–H groups in total. The van der Waals surface area contributed by atoms with E-state index < -0.39 is 16.4 Å². The third kappa shape index (κ3) is 5.35. The Kier molecular flexibility index (Phi) is 5.90. The molecule has 22 heavy (non-hydrogen) atoms. The van der Waals surface area contributed by atoms with Crippen molar-refractivity contribution in [2.24, 2.45) is 0 Å². The first-order valence-corrected chi connectivity index (χ1v) is 14.6. The molecule has 1 nitrogen and oxygen atoms in total. The highest BCUT2D eigenvalue weighted by atomic mass is 35.5. The molecule has 0 unspecified atom stereocenters. The molecular formula is C17H26Cl2OSi2. The molecule has 0 atom stereocenters. The van der Waals surface area contributed by atoms with Crippen molar-refractivity contribution in [3.8, 4) is 17.2 Å². The number of hydrogen-bond acceptors (Lipinski definition) is 1. The first kappa shape index (κ1) is 19.6. The highest BCUT2D eigenvalue weighted by Crippen LogP contribution is 2.39. The van der Waals surface area contributed by atoms with E-state index in [2.05, 4.69) is 65.0 Å². The lowest BCUT2D eigenvalue weighted by atomic mass is 10.2. The molecule has 0 amide bonds.